The molecule has 0 atom stereocenters. The number of para-hydroxylation sites is 3. The van der Waals surface area contributed by atoms with Gasteiger partial charge in [0.15, 0.2) is 0 Å². The first kappa shape index (κ1) is 23.5. The van der Waals surface area contributed by atoms with Crippen molar-refractivity contribution in [3.63, 3.8) is 0 Å². The summed E-state index contributed by atoms with van der Waals surface area (Å²) in [6.07, 6.45) is 0. The van der Waals surface area contributed by atoms with Crippen molar-refractivity contribution in [2.75, 3.05) is 16.4 Å². The van der Waals surface area contributed by atoms with Crippen molar-refractivity contribution < 1.29 is 4.79 Å². The Bertz CT molecular complexity index is 1530. The Morgan fingerprint density at radius 1 is 0.778 bits per heavy atom. The van der Waals surface area contributed by atoms with Crippen molar-refractivity contribution in [1.29, 1.82) is 0 Å². The van der Waals surface area contributed by atoms with Gasteiger partial charge in [-0.2, -0.15) is 5.10 Å². The van der Waals surface area contributed by atoms with Gasteiger partial charge >= 0.3 is 0 Å². The third-order valence-electron chi connectivity index (χ3n) is 5.55. The normalized spacial score (nSPS) is 10.7. The van der Waals surface area contributed by atoms with Crippen LogP contribution < -0.4 is 16.4 Å². The van der Waals surface area contributed by atoms with Crippen LogP contribution in [0.5, 0.6) is 0 Å². The average molecular weight is 514 g/mol. The number of nitrogens with two attached hydrogens (primary N) is 1. The highest BCUT2D eigenvalue weighted by atomic mass is 35.5. The van der Waals surface area contributed by atoms with Crippen LogP contribution in [-0.2, 0) is 0 Å². The molecule has 0 unspecified atom stereocenters. The molecule has 0 aliphatic carbocycles. The average Bonchev–Trinajstić information content (AvgIpc) is 3.29. The van der Waals surface area contributed by atoms with Gasteiger partial charge < -0.3 is 16.4 Å². The Hall–Kier alpha value is -4.26. The van der Waals surface area contributed by atoms with E-state index in [1.165, 1.54) is 0 Å². The number of benzene rings is 4. The van der Waals surface area contributed by atoms with Gasteiger partial charge in [0.1, 0.15) is 5.82 Å². The van der Waals surface area contributed by atoms with Crippen LogP contribution in [0.1, 0.15) is 10.4 Å². The molecule has 5 aromatic rings. The summed E-state index contributed by atoms with van der Waals surface area (Å²) in [6, 6.07) is 31.5. The number of carbonyl (C=O) groups excluding carboxylic acids is 1. The minimum absolute atomic E-state index is 0.228. The van der Waals surface area contributed by atoms with Crippen LogP contribution in [0.15, 0.2) is 103 Å². The van der Waals surface area contributed by atoms with Gasteiger partial charge in [-0.15, -0.1) is 0 Å². The lowest BCUT2D eigenvalue weighted by Crippen LogP contribution is -2.13. The smallest absolute Gasteiger partial charge is 0.255 e. The predicted octanol–water partition coefficient (Wildman–Crippen LogP) is 7.42. The summed E-state index contributed by atoms with van der Waals surface area (Å²) in [6.45, 7) is 0. The molecule has 0 saturated heterocycles. The first-order valence-corrected chi connectivity index (χ1v) is 11.9. The molecule has 0 fully saturated rings. The number of nitrogens with zero attached hydrogens (tertiary/aromatic N) is 2. The Morgan fingerprint density at radius 3 is 2.19 bits per heavy atom. The fourth-order valence-electron chi connectivity index (χ4n) is 3.73. The third-order valence-corrected chi connectivity index (χ3v) is 6.29. The molecule has 8 heteroatoms. The zero-order valence-electron chi connectivity index (χ0n) is 19.0. The van der Waals surface area contributed by atoms with Crippen LogP contribution in [0.3, 0.4) is 0 Å². The van der Waals surface area contributed by atoms with E-state index in [0.29, 0.717) is 32.8 Å². The van der Waals surface area contributed by atoms with Gasteiger partial charge in [0.2, 0.25) is 0 Å². The number of amides is 1. The van der Waals surface area contributed by atoms with E-state index >= 15 is 0 Å². The fraction of sp³-hybridized carbons (Fsp3) is 0. The zero-order valence-corrected chi connectivity index (χ0v) is 20.5. The number of anilines is 4. The largest absolute Gasteiger partial charge is 0.384 e. The summed E-state index contributed by atoms with van der Waals surface area (Å²) in [4.78, 5) is 13.0. The van der Waals surface area contributed by atoms with Gasteiger partial charge in [0.25, 0.3) is 5.91 Å². The minimum atomic E-state index is -0.228. The molecule has 178 valence electrons. The topological polar surface area (TPSA) is 85.0 Å². The highest BCUT2D eigenvalue weighted by Crippen LogP contribution is 2.30. The number of nitrogen functional groups attached to an aromatic ring is 1. The molecule has 0 radical (unpaired) electrons. The number of rotatable bonds is 6. The van der Waals surface area contributed by atoms with Gasteiger partial charge in [-0.1, -0.05) is 59.6 Å². The molecule has 1 aromatic heterocycles. The molecule has 1 heterocycles. The summed E-state index contributed by atoms with van der Waals surface area (Å²) >= 11 is 12.2. The molecule has 4 N–H and O–H groups in total. The number of nitrogens with one attached hydrogen (secondary N) is 2. The molecular formula is C28H21Cl2N5O. The molecule has 5 rings (SSSR count). The van der Waals surface area contributed by atoms with E-state index in [2.05, 4.69) is 15.7 Å². The van der Waals surface area contributed by atoms with E-state index in [0.717, 1.165) is 22.6 Å². The van der Waals surface area contributed by atoms with Gasteiger partial charge in [-0.3, -0.25) is 4.79 Å². The van der Waals surface area contributed by atoms with E-state index < -0.39 is 0 Å². The van der Waals surface area contributed by atoms with Gasteiger partial charge in [-0.05, 0) is 60.7 Å². The lowest BCUT2D eigenvalue weighted by molar-refractivity contribution is 0.102. The Labute approximate surface area is 218 Å². The van der Waals surface area contributed by atoms with Crippen LogP contribution in [-0.4, -0.2) is 15.7 Å². The SMILES string of the molecule is Nc1cc(-c2ccc(Cl)c(Cl)c2)nn1-c1ccc(C(=O)Nc2ccccc2Nc2ccccc2)cc1. The Kier molecular flexibility index (Phi) is 6.62. The van der Waals surface area contributed by atoms with Crippen LogP contribution in [0.4, 0.5) is 22.9 Å². The second-order valence-corrected chi connectivity index (χ2v) is 8.85. The lowest BCUT2D eigenvalue weighted by Gasteiger charge is -2.13. The first-order valence-electron chi connectivity index (χ1n) is 11.1. The highest BCUT2D eigenvalue weighted by Gasteiger charge is 2.13. The third kappa shape index (κ3) is 5.05. The number of hydrogen-bond acceptors (Lipinski definition) is 4. The standard InChI is InChI=1S/C28H21Cl2N5O/c29-22-15-12-19(16-23(22)30)26-17-27(31)35(34-26)21-13-10-18(11-14-21)28(36)33-25-9-5-4-8-24(25)32-20-6-2-1-3-7-20/h1-17,32H,31H2,(H,33,36). The molecule has 36 heavy (non-hydrogen) atoms. The van der Waals surface area contributed by atoms with Crippen molar-refractivity contribution in [2.24, 2.45) is 0 Å². The van der Waals surface area contributed by atoms with Gasteiger partial charge in [0.05, 0.1) is 32.8 Å². The second kappa shape index (κ2) is 10.2. The zero-order chi connectivity index (χ0) is 25.1. The maximum absolute atomic E-state index is 13.0. The summed E-state index contributed by atoms with van der Waals surface area (Å²) in [5.41, 5.74) is 11.3. The quantitative estimate of drug-likeness (QED) is 0.220. The summed E-state index contributed by atoms with van der Waals surface area (Å²) in [7, 11) is 0. The summed E-state index contributed by atoms with van der Waals surface area (Å²) < 4.78 is 1.61. The molecule has 0 spiro atoms. The van der Waals surface area contributed by atoms with Crippen molar-refractivity contribution in [2.45, 2.75) is 0 Å². The van der Waals surface area contributed by atoms with E-state index in [1.807, 2.05) is 60.7 Å². The fourth-order valence-corrected chi connectivity index (χ4v) is 4.02. The van der Waals surface area contributed by atoms with Gasteiger partial charge in [0, 0.05) is 22.9 Å². The lowest BCUT2D eigenvalue weighted by atomic mass is 10.1. The van der Waals surface area contributed by atoms with E-state index in [-0.39, 0.29) is 5.91 Å². The van der Waals surface area contributed by atoms with Crippen molar-refractivity contribution in [3.05, 3.63) is 119 Å². The van der Waals surface area contributed by atoms with E-state index in [4.69, 9.17) is 28.9 Å². The monoisotopic (exact) mass is 513 g/mol. The highest BCUT2D eigenvalue weighted by molar-refractivity contribution is 6.42. The molecule has 1 amide bonds. The molecule has 4 aromatic carbocycles. The Balaban J connectivity index is 1.34. The maximum atomic E-state index is 13.0. The number of carbonyl (C=O) groups is 1. The van der Waals surface area contributed by atoms with Crippen LogP contribution in [0.2, 0.25) is 10.0 Å². The summed E-state index contributed by atoms with van der Waals surface area (Å²) in [5, 5.41) is 11.8. The van der Waals surface area contributed by atoms with E-state index in [9.17, 15) is 4.79 Å². The van der Waals surface area contributed by atoms with E-state index in [1.54, 1.807) is 47.1 Å². The predicted molar refractivity (Wildman–Crippen MR) is 148 cm³/mol. The van der Waals surface area contributed by atoms with Crippen molar-refractivity contribution in [3.8, 4) is 16.9 Å². The van der Waals surface area contributed by atoms with Gasteiger partial charge in [-0.25, -0.2) is 4.68 Å². The number of aromatic nitrogens is 2. The second-order valence-electron chi connectivity index (χ2n) is 8.03. The van der Waals surface area contributed by atoms with Crippen molar-refractivity contribution in [1.82, 2.24) is 9.78 Å². The number of halogens is 2. The van der Waals surface area contributed by atoms with Crippen molar-refractivity contribution >= 4 is 52.0 Å². The van der Waals surface area contributed by atoms with Crippen LogP contribution >= 0.6 is 23.2 Å². The minimum Gasteiger partial charge on any atom is -0.384 e. The van der Waals surface area contributed by atoms with Crippen LogP contribution in [0, 0.1) is 0 Å². The molecule has 0 aliphatic heterocycles. The maximum Gasteiger partial charge on any atom is 0.255 e. The Morgan fingerprint density at radius 2 is 1.47 bits per heavy atom. The molecular weight excluding hydrogens is 493 g/mol. The summed E-state index contributed by atoms with van der Waals surface area (Å²) in [5.74, 6) is 0.225. The number of hydrogen-bond donors (Lipinski definition) is 3. The first-order chi connectivity index (χ1) is 17.5. The molecule has 0 saturated carbocycles. The van der Waals surface area contributed by atoms with Crippen LogP contribution in [0.25, 0.3) is 16.9 Å². The molecule has 6 nitrogen and oxygen atoms in total. The molecule has 0 bridgehead atoms. The molecule has 0 aliphatic rings.